The van der Waals surface area contributed by atoms with Crippen LogP contribution in [0.5, 0.6) is 0 Å². The molecule has 3 heterocycles. The Morgan fingerprint density at radius 3 is 2.83 bits per heavy atom. The first-order chi connectivity index (χ1) is 16.9. The van der Waals surface area contributed by atoms with Crippen LogP contribution in [-0.4, -0.2) is 58.6 Å². The van der Waals surface area contributed by atoms with Gasteiger partial charge >= 0.3 is 6.09 Å². The molecule has 10 heteroatoms. The lowest BCUT2D eigenvalue weighted by Gasteiger charge is -2.22. The van der Waals surface area contributed by atoms with Gasteiger partial charge in [0.1, 0.15) is 23.4 Å². The maximum absolute atomic E-state index is 15.5. The number of anilines is 1. The summed E-state index contributed by atoms with van der Waals surface area (Å²) in [6.07, 6.45) is 5.10. The van der Waals surface area contributed by atoms with E-state index >= 15 is 4.39 Å². The van der Waals surface area contributed by atoms with Crippen molar-refractivity contribution in [3.63, 3.8) is 0 Å². The molecule has 0 saturated carbocycles. The Labute approximate surface area is 203 Å². The van der Waals surface area contributed by atoms with E-state index in [9.17, 15) is 4.79 Å². The van der Waals surface area contributed by atoms with Crippen molar-refractivity contribution in [3.05, 3.63) is 47.9 Å². The molecule has 1 amide bonds. The molecule has 2 aromatic heterocycles. The molecule has 1 aromatic carbocycles. The van der Waals surface area contributed by atoms with E-state index in [0.29, 0.717) is 37.3 Å². The smallest absolute Gasteiger partial charge is 0.439 e. The van der Waals surface area contributed by atoms with E-state index in [0.717, 1.165) is 34.9 Å². The molecule has 1 aliphatic heterocycles. The normalized spacial score (nSPS) is 15.3. The first kappa shape index (κ1) is 25.0. The fourth-order valence-electron chi connectivity index (χ4n) is 4.42. The Morgan fingerprint density at radius 1 is 1.37 bits per heavy atom. The second-order valence-corrected chi connectivity index (χ2v) is 8.64. The summed E-state index contributed by atoms with van der Waals surface area (Å²) in [6, 6.07) is 4.40. The number of aryl methyl sites for hydroxylation is 1. The van der Waals surface area contributed by atoms with Crippen LogP contribution >= 0.6 is 0 Å². The Morgan fingerprint density at radius 2 is 2.14 bits per heavy atom. The predicted octanol–water partition coefficient (Wildman–Crippen LogP) is 4.40. The number of fused-ring (bicyclic) bond motifs is 1. The Balaban J connectivity index is 1.66. The van der Waals surface area contributed by atoms with Gasteiger partial charge in [0, 0.05) is 49.8 Å². The number of halogens is 1. The number of carbonyl (C=O) groups excluding carboxylic acids is 1. The Hall–Kier alpha value is -3.08. The van der Waals surface area contributed by atoms with E-state index in [1.807, 2.05) is 17.5 Å². The minimum atomic E-state index is -0.764. The SMILES string of the molecule is CON(C(=O)OC(C)CCCO)c1ccc(-c2nc(C3CCOCC3)n3ccnc(C)c23)c(F)c1. The third-order valence-corrected chi connectivity index (χ3v) is 6.21. The summed E-state index contributed by atoms with van der Waals surface area (Å²) >= 11 is 0. The zero-order valence-electron chi connectivity index (χ0n) is 20.2. The lowest BCUT2D eigenvalue weighted by Crippen LogP contribution is -2.33. The van der Waals surface area contributed by atoms with Crippen LogP contribution in [0.3, 0.4) is 0 Å². The number of hydroxylamine groups is 1. The summed E-state index contributed by atoms with van der Waals surface area (Å²) in [5, 5.41) is 9.86. The van der Waals surface area contributed by atoms with Gasteiger partial charge < -0.3 is 14.6 Å². The van der Waals surface area contributed by atoms with Crippen LogP contribution in [0.1, 0.15) is 50.0 Å². The van der Waals surface area contributed by atoms with Gasteiger partial charge in [-0.25, -0.2) is 14.2 Å². The van der Waals surface area contributed by atoms with Gasteiger partial charge in [0.15, 0.2) is 0 Å². The number of nitrogens with zero attached hydrogens (tertiary/aromatic N) is 4. The third kappa shape index (κ3) is 5.29. The van der Waals surface area contributed by atoms with E-state index < -0.39 is 18.0 Å². The van der Waals surface area contributed by atoms with Crippen LogP contribution in [0.4, 0.5) is 14.9 Å². The molecule has 1 atom stereocenters. The molecule has 0 aliphatic carbocycles. The predicted molar refractivity (Wildman–Crippen MR) is 128 cm³/mol. The van der Waals surface area contributed by atoms with Crippen LogP contribution in [-0.2, 0) is 14.3 Å². The lowest BCUT2D eigenvalue weighted by molar-refractivity contribution is 0.0679. The molecule has 1 N–H and O–H groups in total. The molecular formula is C25H31FN4O5. The number of amides is 1. The molecule has 188 valence electrons. The number of benzene rings is 1. The average molecular weight is 487 g/mol. The quantitative estimate of drug-likeness (QED) is 0.471. The maximum atomic E-state index is 15.5. The number of ether oxygens (including phenoxy) is 2. The van der Waals surface area contributed by atoms with Gasteiger partial charge in [-0.15, -0.1) is 0 Å². The van der Waals surface area contributed by atoms with E-state index in [2.05, 4.69) is 4.98 Å². The van der Waals surface area contributed by atoms with Crippen molar-refractivity contribution in [2.24, 2.45) is 0 Å². The summed E-state index contributed by atoms with van der Waals surface area (Å²) in [5.41, 5.74) is 2.50. The zero-order chi connectivity index (χ0) is 24.9. The molecule has 4 rings (SSSR count). The van der Waals surface area contributed by atoms with Crippen LogP contribution in [0.2, 0.25) is 0 Å². The summed E-state index contributed by atoms with van der Waals surface area (Å²) < 4.78 is 28.3. The molecule has 0 bridgehead atoms. The number of hydrogen-bond acceptors (Lipinski definition) is 7. The first-order valence-corrected chi connectivity index (χ1v) is 11.8. The molecule has 35 heavy (non-hydrogen) atoms. The van der Waals surface area contributed by atoms with Gasteiger partial charge in [0.25, 0.3) is 0 Å². The third-order valence-electron chi connectivity index (χ3n) is 6.21. The molecule has 1 fully saturated rings. The van der Waals surface area contributed by atoms with Gasteiger partial charge in [-0.2, -0.15) is 5.06 Å². The van der Waals surface area contributed by atoms with Crippen LogP contribution in [0, 0.1) is 12.7 Å². The highest BCUT2D eigenvalue weighted by Crippen LogP contribution is 2.35. The topological polar surface area (TPSA) is 98.4 Å². The minimum Gasteiger partial charge on any atom is -0.445 e. The molecule has 9 nitrogen and oxygen atoms in total. The van der Waals surface area contributed by atoms with Gasteiger partial charge in [-0.05, 0) is 51.7 Å². The van der Waals surface area contributed by atoms with Crippen LogP contribution in [0.25, 0.3) is 16.8 Å². The summed E-state index contributed by atoms with van der Waals surface area (Å²) in [6.45, 7) is 4.95. The highest BCUT2D eigenvalue weighted by Gasteiger charge is 2.26. The number of rotatable bonds is 8. The highest BCUT2D eigenvalue weighted by molar-refractivity contribution is 5.87. The molecule has 0 spiro atoms. The van der Waals surface area contributed by atoms with Crippen molar-refractivity contribution in [2.75, 3.05) is 32.0 Å². The molecule has 3 aromatic rings. The van der Waals surface area contributed by atoms with Crippen molar-refractivity contribution in [3.8, 4) is 11.3 Å². The molecule has 1 aliphatic rings. The van der Waals surface area contributed by atoms with Crippen LogP contribution < -0.4 is 5.06 Å². The van der Waals surface area contributed by atoms with Crippen molar-refractivity contribution in [1.82, 2.24) is 14.4 Å². The number of carbonyl (C=O) groups is 1. The number of aromatic nitrogens is 3. The summed E-state index contributed by atoms with van der Waals surface area (Å²) in [7, 11) is 1.31. The summed E-state index contributed by atoms with van der Waals surface area (Å²) in [4.78, 5) is 27.0. The Bertz CT molecular complexity index is 1180. The second-order valence-electron chi connectivity index (χ2n) is 8.64. The van der Waals surface area contributed by atoms with Gasteiger partial charge in [-0.3, -0.25) is 14.2 Å². The standard InChI is InChI=1S/C25H31FN4O5/c1-16(5-4-12-31)35-25(32)30(33-3)19-6-7-20(21(26)15-19)22-23-17(2)27-10-11-29(23)24(28-22)18-8-13-34-14-9-18/h6-7,10-11,15-16,18,31H,4-5,8-9,12-14H2,1-3H3. The summed E-state index contributed by atoms with van der Waals surface area (Å²) in [5.74, 6) is 0.527. The molecule has 1 saturated heterocycles. The zero-order valence-corrected chi connectivity index (χ0v) is 20.2. The molecular weight excluding hydrogens is 455 g/mol. The second kappa shape index (κ2) is 11.1. The molecule has 0 radical (unpaired) electrons. The van der Waals surface area contributed by atoms with E-state index in [4.69, 9.17) is 24.4 Å². The number of hydrogen-bond donors (Lipinski definition) is 1. The van der Waals surface area contributed by atoms with Crippen molar-refractivity contribution >= 4 is 17.3 Å². The maximum Gasteiger partial charge on any atom is 0.439 e. The number of aliphatic hydroxyl groups excluding tert-OH is 1. The van der Waals surface area contributed by atoms with E-state index in [1.165, 1.54) is 13.2 Å². The highest BCUT2D eigenvalue weighted by atomic mass is 19.1. The average Bonchev–Trinajstić information content (AvgIpc) is 3.24. The van der Waals surface area contributed by atoms with Crippen molar-refractivity contribution in [2.45, 2.75) is 51.6 Å². The van der Waals surface area contributed by atoms with Crippen LogP contribution in [0.15, 0.2) is 30.6 Å². The van der Waals surface area contributed by atoms with E-state index in [1.54, 1.807) is 25.3 Å². The van der Waals surface area contributed by atoms with Crippen molar-refractivity contribution in [1.29, 1.82) is 0 Å². The Kier molecular flexibility index (Phi) is 7.94. The van der Waals surface area contributed by atoms with E-state index in [-0.39, 0.29) is 18.2 Å². The number of imidazole rings is 1. The van der Waals surface area contributed by atoms with Gasteiger partial charge in [-0.1, -0.05) is 0 Å². The molecule has 1 unspecified atom stereocenters. The monoisotopic (exact) mass is 486 g/mol. The lowest BCUT2D eigenvalue weighted by atomic mass is 9.99. The van der Waals surface area contributed by atoms with Crippen molar-refractivity contribution < 1.29 is 28.6 Å². The first-order valence-electron chi connectivity index (χ1n) is 11.8. The fourth-order valence-corrected chi connectivity index (χ4v) is 4.42. The fraction of sp³-hybridized carbons (Fsp3) is 0.480. The largest absolute Gasteiger partial charge is 0.445 e. The van der Waals surface area contributed by atoms with Gasteiger partial charge in [0.2, 0.25) is 0 Å². The van der Waals surface area contributed by atoms with Gasteiger partial charge in [0.05, 0.1) is 24.0 Å². The minimum absolute atomic E-state index is 0.0104. The number of aliphatic hydroxyl groups is 1.